The van der Waals surface area contributed by atoms with E-state index in [2.05, 4.69) is 0 Å². The molecule has 0 spiro atoms. The topological polar surface area (TPSA) is 112 Å². The monoisotopic (exact) mass is 494 g/mol. The molecule has 2 heterocycles. The van der Waals surface area contributed by atoms with Gasteiger partial charge in [0.15, 0.2) is 0 Å². The third-order valence-corrected chi connectivity index (χ3v) is 6.26. The summed E-state index contributed by atoms with van der Waals surface area (Å²) >= 11 is 0.830. The highest BCUT2D eigenvalue weighted by atomic mass is 32.2. The molecule has 1 aromatic heterocycles. The molecular weight excluding hydrogens is 472 g/mol. The summed E-state index contributed by atoms with van der Waals surface area (Å²) in [6.45, 7) is 4.20. The summed E-state index contributed by atoms with van der Waals surface area (Å²) in [5.41, 5.74) is 2.45. The van der Waals surface area contributed by atoms with E-state index in [0.29, 0.717) is 17.1 Å². The molecule has 2 aromatic carbocycles. The molecule has 35 heavy (non-hydrogen) atoms. The SMILES string of the molecule is COc1cc([N+](=O)[O-])ccc1-c1ccc(/C=C2\SC(=O)N(CCOc3cc(C)ccc3C)C2=O)o1. The Bertz CT molecular complexity index is 1350. The van der Waals surface area contributed by atoms with Crippen LogP contribution in [0.4, 0.5) is 10.5 Å². The Labute approximate surface area is 205 Å². The number of non-ortho nitro benzene ring substituents is 1. The van der Waals surface area contributed by atoms with E-state index < -0.39 is 10.8 Å². The maximum Gasteiger partial charge on any atom is 0.293 e. The van der Waals surface area contributed by atoms with Crippen molar-refractivity contribution >= 4 is 34.7 Å². The fourth-order valence-corrected chi connectivity index (χ4v) is 4.35. The minimum atomic E-state index is -0.511. The number of aryl methyl sites for hydroxylation is 2. The first-order valence-electron chi connectivity index (χ1n) is 10.6. The summed E-state index contributed by atoms with van der Waals surface area (Å²) < 4.78 is 16.9. The first kappa shape index (κ1) is 24.1. The van der Waals surface area contributed by atoms with Crippen LogP contribution in [0.3, 0.4) is 0 Å². The summed E-state index contributed by atoms with van der Waals surface area (Å²) in [5.74, 6) is 1.35. The first-order chi connectivity index (χ1) is 16.8. The van der Waals surface area contributed by atoms with Crippen molar-refractivity contribution in [3.05, 3.63) is 80.4 Å². The third-order valence-electron chi connectivity index (χ3n) is 5.35. The number of thioether (sulfide) groups is 1. The highest BCUT2D eigenvalue weighted by Gasteiger charge is 2.35. The molecule has 3 aromatic rings. The van der Waals surface area contributed by atoms with Crippen LogP contribution in [0.25, 0.3) is 17.4 Å². The van der Waals surface area contributed by atoms with E-state index in [0.717, 1.165) is 33.5 Å². The van der Waals surface area contributed by atoms with Gasteiger partial charge in [0.1, 0.15) is 29.6 Å². The number of imide groups is 1. The molecule has 4 rings (SSSR count). The lowest BCUT2D eigenvalue weighted by Crippen LogP contribution is -2.32. The van der Waals surface area contributed by atoms with Gasteiger partial charge in [0.25, 0.3) is 16.8 Å². The summed E-state index contributed by atoms with van der Waals surface area (Å²) in [7, 11) is 1.41. The molecule has 0 aliphatic carbocycles. The lowest BCUT2D eigenvalue weighted by Gasteiger charge is -2.14. The lowest BCUT2D eigenvalue weighted by molar-refractivity contribution is -0.384. The van der Waals surface area contributed by atoms with Crippen molar-refractivity contribution in [1.82, 2.24) is 4.90 Å². The highest BCUT2D eigenvalue weighted by molar-refractivity contribution is 8.18. The van der Waals surface area contributed by atoms with E-state index in [9.17, 15) is 19.7 Å². The zero-order valence-corrected chi connectivity index (χ0v) is 20.1. The molecule has 10 heteroatoms. The number of hydrogen-bond acceptors (Lipinski definition) is 8. The van der Waals surface area contributed by atoms with Crippen molar-refractivity contribution in [1.29, 1.82) is 0 Å². The number of nitro groups is 1. The van der Waals surface area contributed by atoms with Gasteiger partial charge >= 0.3 is 0 Å². The number of benzene rings is 2. The molecule has 2 amide bonds. The van der Waals surface area contributed by atoms with Crippen LogP contribution in [-0.4, -0.2) is 41.2 Å². The predicted molar refractivity (Wildman–Crippen MR) is 131 cm³/mol. The third kappa shape index (κ3) is 5.22. The van der Waals surface area contributed by atoms with Crippen LogP contribution >= 0.6 is 11.8 Å². The second kappa shape index (κ2) is 10.1. The van der Waals surface area contributed by atoms with Crippen LogP contribution in [0.2, 0.25) is 0 Å². The summed E-state index contributed by atoms with van der Waals surface area (Å²) in [6.07, 6.45) is 1.50. The molecule has 0 bridgehead atoms. The maximum absolute atomic E-state index is 12.8. The molecular formula is C25H22N2O7S. The Hall–Kier alpha value is -4.05. The van der Waals surface area contributed by atoms with Crippen LogP contribution in [0.5, 0.6) is 11.5 Å². The number of furan rings is 1. The zero-order chi connectivity index (χ0) is 25.1. The van der Waals surface area contributed by atoms with E-state index in [1.165, 1.54) is 31.4 Å². The van der Waals surface area contributed by atoms with Gasteiger partial charge < -0.3 is 13.9 Å². The second-order valence-electron chi connectivity index (χ2n) is 7.79. The fraction of sp³-hybridized carbons (Fsp3) is 0.200. The van der Waals surface area contributed by atoms with E-state index >= 15 is 0 Å². The zero-order valence-electron chi connectivity index (χ0n) is 19.3. The number of methoxy groups -OCH3 is 1. The number of hydrogen-bond donors (Lipinski definition) is 0. The van der Waals surface area contributed by atoms with Crippen molar-refractivity contribution in [3.63, 3.8) is 0 Å². The standard InChI is InChI=1S/C25H22N2O7S/c1-15-4-5-16(2)21(12-15)33-11-10-26-24(28)23(35-25(26)29)14-18-7-9-20(34-18)19-8-6-17(27(30)31)13-22(19)32-3/h4-9,12-14H,10-11H2,1-3H3/b23-14-. The number of nitrogens with zero attached hydrogens (tertiary/aromatic N) is 2. The van der Waals surface area contributed by atoms with E-state index in [1.54, 1.807) is 12.1 Å². The lowest BCUT2D eigenvalue weighted by atomic mass is 10.1. The number of carbonyl (C=O) groups is 2. The summed E-state index contributed by atoms with van der Waals surface area (Å²) in [6, 6.07) is 13.4. The van der Waals surface area contributed by atoms with Crippen LogP contribution in [0, 0.1) is 24.0 Å². The van der Waals surface area contributed by atoms with Crippen LogP contribution in [-0.2, 0) is 4.79 Å². The molecule has 1 fully saturated rings. The number of carbonyl (C=O) groups excluding carboxylic acids is 2. The van der Waals surface area contributed by atoms with Crippen molar-refractivity contribution in [2.45, 2.75) is 13.8 Å². The van der Waals surface area contributed by atoms with Gasteiger partial charge in [-0.15, -0.1) is 0 Å². The number of nitro benzene ring substituents is 1. The van der Waals surface area contributed by atoms with Gasteiger partial charge in [-0.1, -0.05) is 12.1 Å². The maximum atomic E-state index is 12.8. The Morgan fingerprint density at radius 3 is 2.63 bits per heavy atom. The van der Waals surface area contributed by atoms with Crippen LogP contribution in [0.15, 0.2) is 57.9 Å². The summed E-state index contributed by atoms with van der Waals surface area (Å²) in [5, 5.41) is 10.6. The summed E-state index contributed by atoms with van der Waals surface area (Å²) in [4.78, 5) is 37.1. The molecule has 0 unspecified atom stereocenters. The van der Waals surface area contributed by atoms with Gasteiger partial charge in [0.05, 0.1) is 35.1 Å². The Kier molecular flexibility index (Phi) is 6.92. The highest BCUT2D eigenvalue weighted by Crippen LogP contribution is 2.36. The minimum absolute atomic E-state index is 0.104. The Balaban J connectivity index is 1.45. The molecule has 180 valence electrons. The van der Waals surface area contributed by atoms with Gasteiger partial charge in [0, 0.05) is 12.1 Å². The smallest absolute Gasteiger partial charge is 0.293 e. The van der Waals surface area contributed by atoms with Crippen LogP contribution < -0.4 is 9.47 Å². The molecule has 0 atom stereocenters. The number of rotatable bonds is 8. The number of amides is 2. The van der Waals surface area contributed by atoms with Crippen LogP contribution in [0.1, 0.15) is 16.9 Å². The largest absolute Gasteiger partial charge is 0.496 e. The second-order valence-corrected chi connectivity index (χ2v) is 8.79. The fourth-order valence-electron chi connectivity index (χ4n) is 3.50. The number of ether oxygens (including phenoxy) is 2. The van der Waals surface area contributed by atoms with E-state index in [-0.39, 0.29) is 34.7 Å². The van der Waals surface area contributed by atoms with Gasteiger partial charge in [-0.3, -0.25) is 24.6 Å². The molecule has 0 saturated carbocycles. The van der Waals surface area contributed by atoms with Gasteiger partial charge in [-0.25, -0.2) is 0 Å². The van der Waals surface area contributed by atoms with Crippen molar-refractivity contribution in [2.24, 2.45) is 0 Å². The van der Waals surface area contributed by atoms with Gasteiger partial charge in [-0.05, 0) is 61.0 Å². The van der Waals surface area contributed by atoms with Crippen molar-refractivity contribution in [3.8, 4) is 22.8 Å². The normalized spacial score (nSPS) is 14.6. The molecule has 0 radical (unpaired) electrons. The van der Waals surface area contributed by atoms with E-state index in [1.807, 2.05) is 32.0 Å². The molecule has 1 aliphatic heterocycles. The average molecular weight is 495 g/mol. The Morgan fingerprint density at radius 2 is 1.89 bits per heavy atom. The van der Waals surface area contributed by atoms with Crippen molar-refractivity contribution < 1.29 is 28.4 Å². The molecule has 1 saturated heterocycles. The quantitative estimate of drug-likeness (QED) is 0.226. The predicted octanol–water partition coefficient (Wildman–Crippen LogP) is 5.60. The van der Waals surface area contributed by atoms with Gasteiger partial charge in [-0.2, -0.15) is 0 Å². The molecule has 1 aliphatic rings. The van der Waals surface area contributed by atoms with Crippen molar-refractivity contribution in [2.75, 3.05) is 20.3 Å². The van der Waals surface area contributed by atoms with E-state index in [4.69, 9.17) is 13.9 Å². The first-order valence-corrected chi connectivity index (χ1v) is 11.5. The Morgan fingerprint density at radius 1 is 1.09 bits per heavy atom. The molecule has 0 N–H and O–H groups in total. The average Bonchev–Trinajstić information content (AvgIpc) is 3.40. The van der Waals surface area contributed by atoms with Gasteiger partial charge in [0.2, 0.25) is 0 Å². The minimum Gasteiger partial charge on any atom is -0.496 e. The molecule has 9 nitrogen and oxygen atoms in total.